The Morgan fingerprint density at radius 3 is 2.09 bits per heavy atom. The Morgan fingerprint density at radius 1 is 0.909 bits per heavy atom. The van der Waals surface area contributed by atoms with Crippen molar-refractivity contribution >= 4 is 23.9 Å². The summed E-state index contributed by atoms with van der Waals surface area (Å²) in [6.45, 7) is 0.278. The quantitative estimate of drug-likeness (QED) is 0.182. The standard InChI is InChI=1S/C23H29N5O5/c24-22(25)26-13-7-12-18(28-23(32)33-15-17-10-5-2-6-11-17)20(29)27-19(21(30)31)14-16-8-3-1-4-9-16/h1-6,8-11,18-19H,7,12-15H2,(H,27,29)(H,28,32)(H,30,31)(H4,24,25,26). The van der Waals surface area contributed by atoms with Gasteiger partial charge in [-0.3, -0.25) is 9.79 Å². The van der Waals surface area contributed by atoms with Gasteiger partial charge in [0.1, 0.15) is 18.7 Å². The van der Waals surface area contributed by atoms with Gasteiger partial charge in [-0.05, 0) is 24.0 Å². The third-order valence-corrected chi connectivity index (χ3v) is 4.66. The van der Waals surface area contributed by atoms with Crippen molar-refractivity contribution in [3.8, 4) is 0 Å². The first-order chi connectivity index (χ1) is 15.8. The van der Waals surface area contributed by atoms with Gasteiger partial charge in [0.2, 0.25) is 5.91 Å². The number of alkyl carbamates (subject to hydrolysis) is 1. The van der Waals surface area contributed by atoms with Crippen LogP contribution in [0.15, 0.2) is 65.7 Å². The number of rotatable bonds is 12. The number of carbonyl (C=O) groups excluding carboxylic acids is 2. The van der Waals surface area contributed by atoms with Crippen molar-refractivity contribution in [2.45, 2.75) is 38.0 Å². The number of aliphatic carboxylic acids is 1. The lowest BCUT2D eigenvalue weighted by atomic mass is 10.0. The monoisotopic (exact) mass is 455 g/mol. The van der Waals surface area contributed by atoms with Crippen molar-refractivity contribution < 1.29 is 24.2 Å². The molecule has 33 heavy (non-hydrogen) atoms. The minimum absolute atomic E-state index is 0.0285. The van der Waals surface area contributed by atoms with E-state index in [9.17, 15) is 19.5 Å². The van der Waals surface area contributed by atoms with Gasteiger partial charge in [-0.2, -0.15) is 0 Å². The van der Waals surface area contributed by atoms with Gasteiger partial charge in [-0.1, -0.05) is 60.7 Å². The maximum Gasteiger partial charge on any atom is 0.408 e. The van der Waals surface area contributed by atoms with Gasteiger partial charge in [0.25, 0.3) is 0 Å². The molecule has 0 heterocycles. The molecule has 2 aromatic carbocycles. The molecule has 0 bridgehead atoms. The van der Waals surface area contributed by atoms with Gasteiger partial charge in [-0.15, -0.1) is 0 Å². The zero-order valence-corrected chi connectivity index (χ0v) is 18.1. The molecular weight excluding hydrogens is 426 g/mol. The molecule has 0 radical (unpaired) electrons. The Kier molecular flexibility index (Phi) is 10.2. The number of guanidine groups is 1. The number of ether oxygens (including phenoxy) is 1. The zero-order chi connectivity index (χ0) is 24.1. The van der Waals surface area contributed by atoms with E-state index in [1.165, 1.54) is 0 Å². The molecule has 0 saturated carbocycles. The first-order valence-corrected chi connectivity index (χ1v) is 10.4. The number of hydrogen-bond acceptors (Lipinski definition) is 5. The molecule has 2 amide bonds. The second-order valence-corrected chi connectivity index (χ2v) is 7.30. The number of nitrogens with zero attached hydrogens (tertiary/aromatic N) is 1. The smallest absolute Gasteiger partial charge is 0.408 e. The molecule has 176 valence electrons. The molecule has 0 spiro atoms. The van der Waals surface area contributed by atoms with Gasteiger partial charge >= 0.3 is 12.1 Å². The highest BCUT2D eigenvalue weighted by atomic mass is 16.5. The van der Waals surface area contributed by atoms with Crippen molar-refractivity contribution in [2.24, 2.45) is 16.5 Å². The normalized spacial score (nSPS) is 12.1. The van der Waals surface area contributed by atoms with E-state index in [0.717, 1.165) is 11.1 Å². The van der Waals surface area contributed by atoms with Crippen molar-refractivity contribution in [3.05, 3.63) is 71.8 Å². The summed E-state index contributed by atoms with van der Waals surface area (Å²) in [5.41, 5.74) is 12.2. The highest BCUT2D eigenvalue weighted by Crippen LogP contribution is 2.07. The number of aliphatic imine (C=N–C) groups is 1. The Morgan fingerprint density at radius 2 is 1.52 bits per heavy atom. The molecule has 2 aromatic rings. The minimum atomic E-state index is -1.18. The van der Waals surface area contributed by atoms with E-state index in [1.807, 2.05) is 24.3 Å². The van der Waals surface area contributed by atoms with E-state index in [4.69, 9.17) is 16.2 Å². The summed E-state index contributed by atoms with van der Waals surface area (Å²) < 4.78 is 5.19. The van der Waals surface area contributed by atoms with E-state index >= 15 is 0 Å². The minimum Gasteiger partial charge on any atom is -0.480 e. The van der Waals surface area contributed by atoms with Crippen molar-refractivity contribution in [1.82, 2.24) is 10.6 Å². The van der Waals surface area contributed by atoms with Crippen molar-refractivity contribution in [2.75, 3.05) is 6.54 Å². The third-order valence-electron chi connectivity index (χ3n) is 4.66. The summed E-state index contributed by atoms with van der Waals surface area (Å²) in [5.74, 6) is -1.90. The third kappa shape index (κ3) is 9.72. The van der Waals surface area contributed by atoms with E-state index < -0.39 is 30.1 Å². The van der Waals surface area contributed by atoms with E-state index in [1.54, 1.807) is 36.4 Å². The predicted octanol–water partition coefficient (Wildman–Crippen LogP) is 1.15. The van der Waals surface area contributed by atoms with Gasteiger partial charge < -0.3 is 31.9 Å². The van der Waals surface area contributed by atoms with Crippen molar-refractivity contribution in [3.63, 3.8) is 0 Å². The van der Waals surface area contributed by atoms with Crippen LogP contribution < -0.4 is 22.1 Å². The van der Waals surface area contributed by atoms with Crippen LogP contribution in [-0.4, -0.2) is 47.7 Å². The average Bonchev–Trinajstić information content (AvgIpc) is 2.80. The first kappa shape index (κ1) is 25.2. The van der Waals surface area contributed by atoms with Gasteiger partial charge in [0.15, 0.2) is 5.96 Å². The van der Waals surface area contributed by atoms with Crippen LogP contribution in [0.5, 0.6) is 0 Å². The van der Waals surface area contributed by atoms with Crippen LogP contribution in [0.4, 0.5) is 4.79 Å². The van der Waals surface area contributed by atoms with Crippen LogP contribution in [0, 0.1) is 0 Å². The van der Waals surface area contributed by atoms with Crippen LogP contribution in [0.2, 0.25) is 0 Å². The Balaban J connectivity index is 2.01. The molecule has 0 aliphatic carbocycles. The van der Waals surface area contributed by atoms with Gasteiger partial charge in [-0.25, -0.2) is 9.59 Å². The molecule has 2 rings (SSSR count). The largest absolute Gasteiger partial charge is 0.480 e. The fourth-order valence-corrected chi connectivity index (χ4v) is 3.00. The van der Waals surface area contributed by atoms with Crippen LogP contribution in [0.3, 0.4) is 0 Å². The number of hydrogen-bond donors (Lipinski definition) is 5. The summed E-state index contributed by atoms with van der Waals surface area (Å²) in [6.07, 6.45) is -0.136. The van der Waals surface area contributed by atoms with E-state index in [-0.39, 0.29) is 32.0 Å². The number of carboxylic acid groups (broad SMARTS) is 1. The molecule has 2 atom stereocenters. The lowest BCUT2D eigenvalue weighted by molar-refractivity contribution is -0.142. The van der Waals surface area contributed by atoms with Crippen LogP contribution >= 0.6 is 0 Å². The molecule has 10 heteroatoms. The maximum absolute atomic E-state index is 12.9. The second kappa shape index (κ2) is 13.4. The lowest BCUT2D eigenvalue weighted by Crippen LogP contribution is -2.52. The first-order valence-electron chi connectivity index (χ1n) is 10.4. The molecule has 0 saturated heterocycles. The highest BCUT2D eigenvalue weighted by molar-refractivity contribution is 5.89. The molecule has 10 nitrogen and oxygen atoms in total. The van der Waals surface area contributed by atoms with Crippen LogP contribution in [0.25, 0.3) is 0 Å². The Hall–Kier alpha value is -4.08. The number of carbonyl (C=O) groups is 3. The molecule has 2 unspecified atom stereocenters. The maximum atomic E-state index is 12.9. The molecule has 0 aliphatic rings. The summed E-state index contributed by atoms with van der Waals surface area (Å²) in [7, 11) is 0. The molecule has 7 N–H and O–H groups in total. The number of amides is 2. The zero-order valence-electron chi connectivity index (χ0n) is 18.1. The number of nitrogens with two attached hydrogens (primary N) is 2. The van der Waals surface area contributed by atoms with Crippen LogP contribution in [0.1, 0.15) is 24.0 Å². The molecule has 0 aliphatic heterocycles. The average molecular weight is 456 g/mol. The molecular formula is C23H29N5O5. The van der Waals surface area contributed by atoms with E-state index in [2.05, 4.69) is 15.6 Å². The Bertz CT molecular complexity index is 933. The number of benzene rings is 2. The second-order valence-electron chi connectivity index (χ2n) is 7.30. The molecule has 0 fully saturated rings. The fraction of sp³-hybridized carbons (Fsp3) is 0.304. The summed E-state index contributed by atoms with van der Waals surface area (Å²) >= 11 is 0. The number of nitrogens with one attached hydrogen (secondary N) is 2. The van der Waals surface area contributed by atoms with Crippen LogP contribution in [-0.2, 0) is 27.4 Å². The van der Waals surface area contributed by atoms with E-state index in [0.29, 0.717) is 6.42 Å². The molecule has 0 aromatic heterocycles. The van der Waals surface area contributed by atoms with Gasteiger partial charge in [0, 0.05) is 13.0 Å². The van der Waals surface area contributed by atoms with Gasteiger partial charge in [0.05, 0.1) is 0 Å². The SMILES string of the molecule is NC(N)=NCCCC(NC(=O)OCc1ccccc1)C(=O)NC(Cc1ccccc1)C(=O)O. The number of carboxylic acids is 1. The summed E-state index contributed by atoms with van der Waals surface area (Å²) in [4.78, 5) is 40.7. The summed E-state index contributed by atoms with van der Waals surface area (Å²) in [5, 5.41) is 14.6. The van der Waals surface area contributed by atoms with Crippen molar-refractivity contribution in [1.29, 1.82) is 0 Å². The Labute approximate surface area is 192 Å². The summed E-state index contributed by atoms with van der Waals surface area (Å²) in [6, 6.07) is 15.8. The highest BCUT2D eigenvalue weighted by Gasteiger charge is 2.27. The fourth-order valence-electron chi connectivity index (χ4n) is 3.00. The topological polar surface area (TPSA) is 169 Å². The predicted molar refractivity (Wildman–Crippen MR) is 123 cm³/mol. The lowest BCUT2D eigenvalue weighted by Gasteiger charge is -2.21.